The number of carbonyl (C=O) groups excluding carboxylic acids is 2. The molecule has 0 aromatic heterocycles. The number of hydrogen-bond acceptors (Lipinski definition) is 3. The van der Waals surface area contributed by atoms with Gasteiger partial charge in [0.25, 0.3) is 0 Å². The first-order valence-corrected chi connectivity index (χ1v) is 5.09. The summed E-state index contributed by atoms with van der Waals surface area (Å²) in [7, 11) is 0. The van der Waals surface area contributed by atoms with Gasteiger partial charge in [0.1, 0.15) is 5.75 Å². The average molecular weight is 220 g/mol. The third-order valence-corrected chi connectivity index (χ3v) is 2.25. The number of imide groups is 1. The van der Waals surface area contributed by atoms with Crippen molar-refractivity contribution in [3.63, 3.8) is 0 Å². The van der Waals surface area contributed by atoms with Gasteiger partial charge in [-0.1, -0.05) is 18.2 Å². The number of para-hydroxylation sites is 1. The molecule has 84 valence electrons. The molecule has 1 aromatic rings. The smallest absolute Gasteiger partial charge is 0.410 e. The summed E-state index contributed by atoms with van der Waals surface area (Å²) in [6.07, 6.45) is 0.110. The van der Waals surface area contributed by atoms with Gasteiger partial charge in [-0.25, -0.2) is 14.5 Å². The van der Waals surface area contributed by atoms with Crippen LogP contribution in [-0.4, -0.2) is 30.1 Å². The van der Waals surface area contributed by atoms with E-state index in [1.807, 2.05) is 6.07 Å². The molecular formula is C11H12N2O3. The van der Waals surface area contributed by atoms with Crippen LogP contribution in [0, 0.1) is 0 Å². The van der Waals surface area contributed by atoms with Crippen molar-refractivity contribution in [2.75, 3.05) is 13.1 Å². The molecule has 16 heavy (non-hydrogen) atoms. The van der Waals surface area contributed by atoms with Gasteiger partial charge in [0.2, 0.25) is 0 Å². The zero-order chi connectivity index (χ0) is 11.4. The molecule has 1 aliphatic rings. The lowest BCUT2D eigenvalue weighted by Gasteiger charge is -2.24. The number of urea groups is 1. The molecule has 0 saturated carbocycles. The lowest BCUT2D eigenvalue weighted by molar-refractivity contribution is 0.147. The molecule has 0 unspecified atom stereocenters. The molecule has 0 bridgehead atoms. The predicted octanol–water partition coefficient (Wildman–Crippen LogP) is 1.60. The maximum atomic E-state index is 11.6. The van der Waals surface area contributed by atoms with Crippen molar-refractivity contribution in [2.24, 2.45) is 0 Å². The highest BCUT2D eigenvalue weighted by Crippen LogP contribution is 2.11. The second kappa shape index (κ2) is 4.65. The maximum absolute atomic E-state index is 11.6. The summed E-state index contributed by atoms with van der Waals surface area (Å²) in [5.74, 6) is 0.436. The molecule has 0 radical (unpaired) electrons. The Balaban J connectivity index is 2.00. The van der Waals surface area contributed by atoms with E-state index in [9.17, 15) is 9.59 Å². The number of ether oxygens (including phenoxy) is 1. The molecule has 1 heterocycles. The van der Waals surface area contributed by atoms with Crippen LogP contribution in [0.3, 0.4) is 0 Å². The van der Waals surface area contributed by atoms with E-state index in [2.05, 4.69) is 5.32 Å². The third kappa shape index (κ3) is 2.31. The van der Waals surface area contributed by atoms with Gasteiger partial charge in [-0.2, -0.15) is 0 Å². The van der Waals surface area contributed by atoms with Gasteiger partial charge in [0, 0.05) is 13.1 Å². The van der Waals surface area contributed by atoms with Crippen LogP contribution in [0.2, 0.25) is 0 Å². The molecule has 2 rings (SSSR count). The highest BCUT2D eigenvalue weighted by Gasteiger charge is 2.25. The fourth-order valence-electron chi connectivity index (χ4n) is 1.45. The largest absolute Gasteiger partial charge is 0.423 e. The van der Waals surface area contributed by atoms with Gasteiger partial charge < -0.3 is 10.1 Å². The summed E-state index contributed by atoms with van der Waals surface area (Å²) >= 11 is 0. The Morgan fingerprint density at radius 2 is 2.06 bits per heavy atom. The van der Waals surface area contributed by atoms with E-state index in [0.29, 0.717) is 18.8 Å². The zero-order valence-electron chi connectivity index (χ0n) is 8.68. The molecule has 1 fully saturated rings. The first-order chi connectivity index (χ1) is 7.77. The lowest BCUT2D eigenvalue weighted by atomic mass is 10.3. The second-order valence-electron chi connectivity index (χ2n) is 3.42. The zero-order valence-corrected chi connectivity index (χ0v) is 8.68. The van der Waals surface area contributed by atoms with Crippen molar-refractivity contribution in [2.45, 2.75) is 6.42 Å². The van der Waals surface area contributed by atoms with Gasteiger partial charge in [0.15, 0.2) is 0 Å². The van der Waals surface area contributed by atoms with E-state index < -0.39 is 12.1 Å². The highest BCUT2D eigenvalue weighted by molar-refractivity contribution is 5.92. The van der Waals surface area contributed by atoms with Crippen molar-refractivity contribution in [3.8, 4) is 5.75 Å². The molecule has 1 aliphatic heterocycles. The van der Waals surface area contributed by atoms with Crippen LogP contribution in [0.5, 0.6) is 5.75 Å². The van der Waals surface area contributed by atoms with E-state index in [0.717, 1.165) is 11.3 Å². The summed E-state index contributed by atoms with van der Waals surface area (Å²) < 4.78 is 5.05. The monoisotopic (exact) mass is 220 g/mol. The predicted molar refractivity (Wildman–Crippen MR) is 57.2 cm³/mol. The standard InChI is InChI=1S/C11H12N2O3/c14-10-12-7-4-8-13(10)11(15)16-9-5-2-1-3-6-9/h1-3,5-6H,4,7-8H2,(H,12,14). The van der Waals surface area contributed by atoms with Crippen LogP contribution >= 0.6 is 0 Å². The van der Waals surface area contributed by atoms with Crippen LogP contribution < -0.4 is 10.1 Å². The molecule has 0 atom stereocenters. The molecule has 1 N–H and O–H groups in total. The number of nitrogens with one attached hydrogen (secondary N) is 1. The molecular weight excluding hydrogens is 208 g/mol. The van der Waals surface area contributed by atoms with E-state index in [-0.39, 0.29) is 0 Å². The Morgan fingerprint density at radius 3 is 2.75 bits per heavy atom. The van der Waals surface area contributed by atoms with Crippen molar-refractivity contribution in [1.29, 1.82) is 0 Å². The van der Waals surface area contributed by atoms with Gasteiger partial charge in [0.05, 0.1) is 0 Å². The quantitative estimate of drug-likeness (QED) is 0.782. The first kappa shape index (κ1) is 10.5. The number of amides is 3. The highest BCUT2D eigenvalue weighted by atomic mass is 16.6. The summed E-state index contributed by atoms with van der Waals surface area (Å²) in [6, 6.07) is 8.29. The molecule has 1 aromatic carbocycles. The average Bonchev–Trinajstić information content (AvgIpc) is 2.31. The first-order valence-electron chi connectivity index (χ1n) is 5.09. The van der Waals surface area contributed by atoms with Crippen molar-refractivity contribution >= 4 is 12.1 Å². The van der Waals surface area contributed by atoms with Crippen molar-refractivity contribution < 1.29 is 14.3 Å². The van der Waals surface area contributed by atoms with Gasteiger partial charge >= 0.3 is 12.1 Å². The van der Waals surface area contributed by atoms with Crippen LogP contribution in [-0.2, 0) is 0 Å². The molecule has 1 saturated heterocycles. The Kier molecular flexibility index (Phi) is 3.05. The molecule has 3 amide bonds. The number of carbonyl (C=O) groups is 2. The van der Waals surface area contributed by atoms with E-state index in [4.69, 9.17) is 4.74 Å². The van der Waals surface area contributed by atoms with Crippen LogP contribution in [0.4, 0.5) is 9.59 Å². The van der Waals surface area contributed by atoms with Crippen LogP contribution in [0.15, 0.2) is 30.3 Å². The fourth-order valence-corrected chi connectivity index (χ4v) is 1.45. The lowest BCUT2D eigenvalue weighted by Crippen LogP contribution is -2.50. The molecule has 0 aliphatic carbocycles. The SMILES string of the molecule is O=C1NCCCN1C(=O)Oc1ccccc1. The van der Waals surface area contributed by atoms with E-state index in [1.54, 1.807) is 24.3 Å². The summed E-state index contributed by atoms with van der Waals surface area (Å²) in [4.78, 5) is 24.0. The number of rotatable bonds is 1. The third-order valence-electron chi connectivity index (χ3n) is 2.25. The number of hydrogen-bond donors (Lipinski definition) is 1. The van der Waals surface area contributed by atoms with Gasteiger partial charge in [-0.05, 0) is 18.6 Å². The molecule has 5 nitrogen and oxygen atoms in total. The Hall–Kier alpha value is -2.04. The minimum atomic E-state index is -0.636. The van der Waals surface area contributed by atoms with Gasteiger partial charge in [-0.3, -0.25) is 0 Å². The second-order valence-corrected chi connectivity index (χ2v) is 3.42. The topological polar surface area (TPSA) is 58.6 Å². The van der Waals surface area contributed by atoms with Crippen LogP contribution in [0.25, 0.3) is 0 Å². The number of benzene rings is 1. The molecule has 0 spiro atoms. The normalized spacial score (nSPS) is 15.5. The van der Waals surface area contributed by atoms with Crippen molar-refractivity contribution in [3.05, 3.63) is 30.3 Å². The molecule has 5 heteroatoms. The fraction of sp³-hybridized carbons (Fsp3) is 0.273. The minimum Gasteiger partial charge on any atom is -0.410 e. The van der Waals surface area contributed by atoms with E-state index in [1.165, 1.54) is 0 Å². The van der Waals surface area contributed by atoms with E-state index >= 15 is 0 Å². The summed E-state index contributed by atoms with van der Waals surface area (Å²) in [5, 5.41) is 2.58. The summed E-state index contributed by atoms with van der Waals surface area (Å²) in [6.45, 7) is 1.01. The van der Waals surface area contributed by atoms with Crippen molar-refractivity contribution in [1.82, 2.24) is 10.2 Å². The van der Waals surface area contributed by atoms with Gasteiger partial charge in [-0.15, -0.1) is 0 Å². The Bertz CT molecular complexity index is 391. The number of nitrogens with zero attached hydrogens (tertiary/aromatic N) is 1. The summed E-state index contributed by atoms with van der Waals surface area (Å²) in [5.41, 5.74) is 0. The Labute approximate surface area is 93.0 Å². The maximum Gasteiger partial charge on any atom is 0.423 e. The minimum absolute atomic E-state index is 0.396. The Morgan fingerprint density at radius 1 is 1.31 bits per heavy atom. The van der Waals surface area contributed by atoms with Crippen LogP contribution in [0.1, 0.15) is 6.42 Å².